The monoisotopic (exact) mass is 449 g/mol. The Morgan fingerprint density at radius 2 is 1.72 bits per heavy atom. The smallest absolute Gasteiger partial charge is 0.248 e. The highest BCUT2D eigenvalue weighted by Crippen LogP contribution is 2.36. The predicted molar refractivity (Wildman–Crippen MR) is 126 cm³/mol. The molecular weight excluding hydrogens is 426 g/mol. The molecule has 0 spiro atoms. The molecule has 0 radical (unpaired) electrons. The zero-order valence-electron chi connectivity index (χ0n) is 17.8. The molecule has 0 bridgehead atoms. The summed E-state index contributed by atoms with van der Waals surface area (Å²) in [5, 5.41) is 14.9. The van der Waals surface area contributed by atoms with Crippen LogP contribution >= 0.6 is 11.6 Å². The lowest BCUT2D eigenvalue weighted by Crippen LogP contribution is -2.45. The summed E-state index contributed by atoms with van der Waals surface area (Å²) in [6, 6.07) is 14.7. The predicted octanol–water partition coefficient (Wildman–Crippen LogP) is 2.75. The maximum Gasteiger partial charge on any atom is 0.248 e. The summed E-state index contributed by atoms with van der Waals surface area (Å²) < 4.78 is 1.85. The molecule has 4 aromatic rings. The van der Waals surface area contributed by atoms with Crippen LogP contribution in [0, 0.1) is 0 Å². The molecule has 5 rings (SSSR count). The molecular formula is C23H24ClN7O. The second-order valence-corrected chi connectivity index (χ2v) is 8.45. The number of nitrogens with zero attached hydrogens (tertiary/aromatic N) is 6. The highest BCUT2D eigenvalue weighted by Gasteiger charge is 2.22. The van der Waals surface area contributed by atoms with Gasteiger partial charge in [0.05, 0.1) is 22.6 Å². The normalized spacial score (nSPS) is 15.4. The Balaban J connectivity index is 1.59. The van der Waals surface area contributed by atoms with Crippen LogP contribution in [0.15, 0.2) is 53.3 Å². The van der Waals surface area contributed by atoms with Gasteiger partial charge in [-0.25, -0.2) is 4.68 Å². The van der Waals surface area contributed by atoms with E-state index < -0.39 is 0 Å². The minimum atomic E-state index is -0.191. The number of rotatable bonds is 5. The summed E-state index contributed by atoms with van der Waals surface area (Å²) >= 11 is 6.89. The van der Waals surface area contributed by atoms with E-state index in [1.807, 2.05) is 41.1 Å². The molecule has 1 aromatic carbocycles. The number of nitrogens with one attached hydrogen (secondary N) is 1. The Hall–Kier alpha value is -3.07. The molecule has 164 valence electrons. The summed E-state index contributed by atoms with van der Waals surface area (Å²) in [7, 11) is 2.15. The van der Waals surface area contributed by atoms with Gasteiger partial charge in [-0.1, -0.05) is 48.0 Å². The minimum Gasteiger partial charge on any atom is -0.321 e. The number of piperazine rings is 1. The van der Waals surface area contributed by atoms with Crippen LogP contribution in [-0.4, -0.2) is 74.5 Å². The van der Waals surface area contributed by atoms with Crippen LogP contribution in [0.3, 0.4) is 0 Å². The number of fused-ring (bicyclic) bond motifs is 1. The van der Waals surface area contributed by atoms with Gasteiger partial charge in [-0.3, -0.25) is 9.69 Å². The lowest BCUT2D eigenvalue weighted by molar-refractivity contribution is 0.149. The van der Waals surface area contributed by atoms with Gasteiger partial charge in [-0.15, -0.1) is 10.2 Å². The maximum atomic E-state index is 12.0. The molecule has 1 aliphatic rings. The Bertz CT molecular complexity index is 1290. The van der Waals surface area contributed by atoms with E-state index in [0.717, 1.165) is 38.3 Å². The van der Waals surface area contributed by atoms with Gasteiger partial charge >= 0.3 is 0 Å². The molecule has 1 aliphatic heterocycles. The third-order valence-corrected chi connectivity index (χ3v) is 6.26. The Labute approximate surface area is 190 Å². The van der Waals surface area contributed by atoms with Crippen LogP contribution in [0.25, 0.3) is 33.7 Å². The number of pyridine rings is 1. The second kappa shape index (κ2) is 8.82. The molecule has 0 saturated carbocycles. The van der Waals surface area contributed by atoms with Gasteiger partial charge in [0.25, 0.3) is 0 Å². The van der Waals surface area contributed by atoms with Crippen LogP contribution in [0.5, 0.6) is 0 Å². The zero-order chi connectivity index (χ0) is 22.1. The lowest BCUT2D eigenvalue weighted by Gasteiger charge is -2.32. The molecule has 1 N–H and O–H groups in total. The lowest BCUT2D eigenvalue weighted by atomic mass is 10.1. The van der Waals surface area contributed by atoms with Gasteiger partial charge in [-0.2, -0.15) is 5.10 Å². The van der Waals surface area contributed by atoms with Gasteiger partial charge in [0, 0.05) is 44.4 Å². The summed E-state index contributed by atoms with van der Waals surface area (Å²) in [5.74, 6) is 0. The average molecular weight is 450 g/mol. The van der Waals surface area contributed by atoms with Crippen LogP contribution in [0.1, 0.15) is 0 Å². The van der Waals surface area contributed by atoms with E-state index in [9.17, 15) is 4.79 Å². The molecule has 0 aliphatic carbocycles. The summed E-state index contributed by atoms with van der Waals surface area (Å²) in [6.45, 7) is 5.69. The number of benzene rings is 1. The number of halogens is 1. The molecule has 0 atom stereocenters. The number of hydrogen-bond donors (Lipinski definition) is 1. The van der Waals surface area contributed by atoms with Crippen molar-refractivity contribution in [2.75, 3.05) is 39.8 Å². The third kappa shape index (κ3) is 4.04. The third-order valence-electron chi connectivity index (χ3n) is 5.89. The first-order valence-corrected chi connectivity index (χ1v) is 11.1. The topological polar surface area (TPSA) is 82.9 Å². The standard InChI is InChI=1S/C23H24ClN7O/c1-29-10-12-30(13-11-29)14-15-31-23-19(22(28-31)17-8-5-9-18(32)25-17)20(24)21(26-27-23)16-6-3-2-4-7-16/h2-9H,10-15H2,1H3,(H,25,32). The molecule has 8 nitrogen and oxygen atoms in total. The van der Waals surface area contributed by atoms with Crippen molar-refractivity contribution in [2.45, 2.75) is 6.54 Å². The average Bonchev–Trinajstić information content (AvgIpc) is 3.19. The molecule has 1 fully saturated rings. The molecule has 9 heteroatoms. The molecule has 3 aromatic heterocycles. The van der Waals surface area contributed by atoms with Crippen molar-refractivity contribution in [1.29, 1.82) is 0 Å². The van der Waals surface area contributed by atoms with Crippen molar-refractivity contribution in [3.63, 3.8) is 0 Å². The van der Waals surface area contributed by atoms with Crippen LogP contribution in [0.4, 0.5) is 0 Å². The van der Waals surface area contributed by atoms with E-state index in [1.54, 1.807) is 6.07 Å². The Morgan fingerprint density at radius 3 is 2.47 bits per heavy atom. The van der Waals surface area contributed by atoms with Gasteiger partial charge in [0.2, 0.25) is 5.56 Å². The van der Waals surface area contributed by atoms with Crippen molar-refractivity contribution in [3.05, 3.63) is 63.9 Å². The van der Waals surface area contributed by atoms with Crippen LogP contribution in [0.2, 0.25) is 5.02 Å². The van der Waals surface area contributed by atoms with Crippen molar-refractivity contribution in [1.82, 2.24) is 34.8 Å². The summed E-state index contributed by atoms with van der Waals surface area (Å²) in [6.07, 6.45) is 0. The fourth-order valence-electron chi connectivity index (χ4n) is 4.03. The SMILES string of the molecule is CN1CCN(CCn2nc(-c3cccc(=O)[nH]3)c3c(Cl)c(-c4ccccc4)nnc32)CC1. The Kier molecular flexibility index (Phi) is 5.73. The number of likely N-dealkylation sites (N-methyl/N-ethyl adjacent to an activating group) is 1. The summed E-state index contributed by atoms with van der Waals surface area (Å²) in [4.78, 5) is 19.6. The number of aromatic nitrogens is 5. The molecule has 1 saturated heterocycles. The largest absolute Gasteiger partial charge is 0.321 e. The molecule has 4 heterocycles. The number of hydrogen-bond acceptors (Lipinski definition) is 6. The first kappa shape index (κ1) is 20.8. The fourth-order valence-corrected chi connectivity index (χ4v) is 4.36. The van der Waals surface area contributed by atoms with Gasteiger partial charge in [0.15, 0.2) is 5.65 Å². The van der Waals surface area contributed by atoms with E-state index in [2.05, 4.69) is 32.0 Å². The van der Waals surface area contributed by atoms with E-state index >= 15 is 0 Å². The van der Waals surface area contributed by atoms with Crippen LogP contribution < -0.4 is 5.56 Å². The first-order valence-electron chi connectivity index (χ1n) is 10.7. The van der Waals surface area contributed by atoms with Crippen molar-refractivity contribution in [3.8, 4) is 22.6 Å². The van der Waals surface area contributed by atoms with E-state index in [1.165, 1.54) is 6.07 Å². The second-order valence-electron chi connectivity index (χ2n) is 8.07. The maximum absolute atomic E-state index is 12.0. The van der Waals surface area contributed by atoms with Crippen molar-refractivity contribution < 1.29 is 0 Å². The van der Waals surface area contributed by atoms with Gasteiger partial charge < -0.3 is 9.88 Å². The quantitative estimate of drug-likeness (QED) is 0.504. The van der Waals surface area contributed by atoms with Crippen LogP contribution in [-0.2, 0) is 6.54 Å². The Morgan fingerprint density at radius 1 is 0.938 bits per heavy atom. The summed E-state index contributed by atoms with van der Waals surface area (Å²) in [5.41, 5.74) is 3.11. The highest BCUT2D eigenvalue weighted by molar-refractivity contribution is 6.38. The van der Waals surface area contributed by atoms with Crippen molar-refractivity contribution >= 4 is 22.6 Å². The van der Waals surface area contributed by atoms with Gasteiger partial charge in [-0.05, 0) is 13.1 Å². The highest BCUT2D eigenvalue weighted by atomic mass is 35.5. The van der Waals surface area contributed by atoms with Crippen molar-refractivity contribution in [2.24, 2.45) is 0 Å². The van der Waals surface area contributed by atoms with E-state index in [0.29, 0.717) is 39.7 Å². The van der Waals surface area contributed by atoms with E-state index in [4.69, 9.17) is 16.7 Å². The first-order chi connectivity index (χ1) is 15.6. The van der Waals surface area contributed by atoms with E-state index in [-0.39, 0.29) is 5.56 Å². The fraction of sp³-hybridized carbons (Fsp3) is 0.304. The molecule has 0 amide bonds. The zero-order valence-corrected chi connectivity index (χ0v) is 18.6. The number of aromatic amines is 1. The minimum absolute atomic E-state index is 0.191. The number of H-pyrrole nitrogens is 1. The van der Waals surface area contributed by atoms with Gasteiger partial charge in [0.1, 0.15) is 11.4 Å². The molecule has 0 unspecified atom stereocenters. The molecule has 32 heavy (non-hydrogen) atoms.